The lowest BCUT2D eigenvalue weighted by Gasteiger charge is -2.15. The maximum atomic E-state index is 12.2. The van der Waals surface area contributed by atoms with Crippen molar-refractivity contribution in [3.05, 3.63) is 34.9 Å². The summed E-state index contributed by atoms with van der Waals surface area (Å²) in [5.41, 5.74) is 3.71. The Morgan fingerprint density at radius 1 is 1.45 bits per heavy atom. The Hall–Kier alpha value is -1.35. The first kappa shape index (κ1) is 13.6. The van der Waals surface area contributed by atoms with Crippen LogP contribution in [0.2, 0.25) is 5.02 Å². The van der Waals surface area contributed by atoms with Gasteiger partial charge in [0.2, 0.25) is 5.91 Å². The third-order valence-electron chi connectivity index (χ3n) is 4.90. The Kier molecular flexibility index (Phi) is 3.55. The second-order valence-electron chi connectivity index (χ2n) is 6.09. The van der Waals surface area contributed by atoms with E-state index in [4.69, 9.17) is 11.6 Å². The van der Waals surface area contributed by atoms with Crippen LogP contribution in [0.4, 0.5) is 0 Å². The molecule has 2 aliphatic carbocycles. The van der Waals surface area contributed by atoms with E-state index in [0.29, 0.717) is 10.9 Å². The third kappa shape index (κ3) is 2.35. The molecule has 106 valence electrons. The number of nitrogens with zero attached hydrogens (tertiary/aromatic N) is 1. The number of amides is 1. The van der Waals surface area contributed by atoms with Gasteiger partial charge in [-0.2, -0.15) is 5.10 Å². The van der Waals surface area contributed by atoms with E-state index in [1.54, 1.807) is 12.3 Å². The van der Waals surface area contributed by atoms with E-state index in [9.17, 15) is 4.79 Å². The number of nitrogens with one attached hydrogen (secondary N) is 1. The molecular formula is C16H19ClN2O. The Morgan fingerprint density at radius 2 is 2.25 bits per heavy atom. The summed E-state index contributed by atoms with van der Waals surface area (Å²) in [6, 6.07) is 7.44. The van der Waals surface area contributed by atoms with Crippen molar-refractivity contribution in [2.24, 2.45) is 22.4 Å². The van der Waals surface area contributed by atoms with Crippen LogP contribution < -0.4 is 5.43 Å². The Bertz CT molecular complexity index is 557. The van der Waals surface area contributed by atoms with Gasteiger partial charge in [0.25, 0.3) is 0 Å². The van der Waals surface area contributed by atoms with Crippen molar-refractivity contribution < 1.29 is 4.79 Å². The van der Waals surface area contributed by atoms with Crippen molar-refractivity contribution >= 4 is 23.7 Å². The molecule has 3 atom stereocenters. The number of benzene rings is 1. The highest BCUT2D eigenvalue weighted by molar-refractivity contribution is 6.33. The molecule has 2 fully saturated rings. The fraction of sp³-hybridized carbons (Fsp3) is 0.500. The maximum absolute atomic E-state index is 12.2. The number of hydrogen-bond donors (Lipinski definition) is 1. The summed E-state index contributed by atoms with van der Waals surface area (Å²) in [4.78, 5) is 12.2. The number of carbonyl (C=O) groups excluding carboxylic acids is 1. The molecule has 1 aromatic rings. The van der Waals surface area contributed by atoms with Gasteiger partial charge in [0.15, 0.2) is 0 Å². The topological polar surface area (TPSA) is 41.5 Å². The average molecular weight is 291 g/mol. The maximum Gasteiger partial charge on any atom is 0.244 e. The van der Waals surface area contributed by atoms with Crippen molar-refractivity contribution in [3.8, 4) is 0 Å². The van der Waals surface area contributed by atoms with Crippen LogP contribution in [0.5, 0.6) is 0 Å². The Balaban J connectivity index is 1.60. The molecule has 0 heterocycles. The number of hydrazone groups is 1. The van der Waals surface area contributed by atoms with Crippen LogP contribution in [0.15, 0.2) is 29.4 Å². The van der Waals surface area contributed by atoms with Crippen LogP contribution in [0.25, 0.3) is 0 Å². The van der Waals surface area contributed by atoms with E-state index in [1.807, 2.05) is 18.2 Å². The fourth-order valence-corrected chi connectivity index (χ4v) is 3.85. The van der Waals surface area contributed by atoms with Crippen LogP contribution >= 0.6 is 11.6 Å². The molecule has 0 saturated heterocycles. The normalized spacial score (nSPS) is 31.9. The average Bonchev–Trinajstić information content (AvgIpc) is 3.06. The van der Waals surface area contributed by atoms with Gasteiger partial charge in [0.1, 0.15) is 0 Å². The first-order chi connectivity index (χ1) is 9.63. The van der Waals surface area contributed by atoms with Crippen molar-refractivity contribution in [2.75, 3.05) is 0 Å². The lowest BCUT2D eigenvalue weighted by molar-refractivity contribution is -0.123. The molecule has 0 bridgehead atoms. The van der Waals surface area contributed by atoms with Gasteiger partial charge in [-0.1, -0.05) is 49.6 Å². The van der Waals surface area contributed by atoms with Crippen LogP contribution in [-0.2, 0) is 4.79 Å². The second kappa shape index (κ2) is 5.21. The van der Waals surface area contributed by atoms with Crippen molar-refractivity contribution in [1.29, 1.82) is 0 Å². The van der Waals surface area contributed by atoms with E-state index >= 15 is 0 Å². The molecule has 4 heteroatoms. The molecule has 0 spiro atoms. The minimum atomic E-state index is 0.0581. The second-order valence-corrected chi connectivity index (χ2v) is 6.50. The molecule has 3 nitrogen and oxygen atoms in total. The number of carbonyl (C=O) groups is 1. The first-order valence-electron chi connectivity index (χ1n) is 7.20. The zero-order chi connectivity index (χ0) is 14.2. The summed E-state index contributed by atoms with van der Waals surface area (Å²) >= 11 is 6.03. The molecule has 3 rings (SSSR count). The third-order valence-corrected chi connectivity index (χ3v) is 5.24. The van der Waals surface area contributed by atoms with Gasteiger partial charge in [-0.25, -0.2) is 5.43 Å². The molecule has 2 saturated carbocycles. The molecule has 2 aliphatic rings. The van der Waals surface area contributed by atoms with Gasteiger partial charge >= 0.3 is 0 Å². The van der Waals surface area contributed by atoms with Crippen molar-refractivity contribution in [2.45, 2.75) is 32.6 Å². The molecule has 0 aromatic heterocycles. The molecule has 20 heavy (non-hydrogen) atoms. The molecule has 1 N–H and O–H groups in total. The minimum Gasteiger partial charge on any atom is -0.273 e. The highest BCUT2D eigenvalue weighted by atomic mass is 35.5. The van der Waals surface area contributed by atoms with Gasteiger partial charge in [-0.05, 0) is 30.2 Å². The van der Waals surface area contributed by atoms with Crippen molar-refractivity contribution in [3.63, 3.8) is 0 Å². The van der Waals surface area contributed by atoms with Gasteiger partial charge in [-0.15, -0.1) is 0 Å². The first-order valence-corrected chi connectivity index (χ1v) is 7.58. The summed E-state index contributed by atoms with van der Waals surface area (Å²) in [6.45, 7) is 2.23. The fourth-order valence-electron chi connectivity index (χ4n) is 3.67. The smallest absolute Gasteiger partial charge is 0.244 e. The largest absolute Gasteiger partial charge is 0.273 e. The zero-order valence-electron chi connectivity index (χ0n) is 11.6. The lowest BCUT2D eigenvalue weighted by Crippen LogP contribution is -2.22. The zero-order valence-corrected chi connectivity index (χ0v) is 12.4. The quantitative estimate of drug-likeness (QED) is 0.670. The Labute approximate surface area is 124 Å². The molecule has 0 radical (unpaired) electrons. The van der Waals surface area contributed by atoms with E-state index in [1.165, 1.54) is 25.7 Å². The Morgan fingerprint density at radius 3 is 2.95 bits per heavy atom. The van der Waals surface area contributed by atoms with Gasteiger partial charge in [0, 0.05) is 16.5 Å². The van der Waals surface area contributed by atoms with E-state index in [2.05, 4.69) is 17.5 Å². The van der Waals surface area contributed by atoms with E-state index < -0.39 is 0 Å². The van der Waals surface area contributed by atoms with Gasteiger partial charge < -0.3 is 0 Å². The van der Waals surface area contributed by atoms with E-state index in [-0.39, 0.29) is 17.2 Å². The summed E-state index contributed by atoms with van der Waals surface area (Å²) in [7, 11) is 0. The molecule has 0 aliphatic heterocycles. The number of rotatable bonds is 3. The summed E-state index contributed by atoms with van der Waals surface area (Å²) in [6.07, 6.45) is 6.47. The number of halogens is 1. The van der Waals surface area contributed by atoms with Crippen LogP contribution in [0.3, 0.4) is 0 Å². The molecule has 1 amide bonds. The number of hydrogen-bond acceptors (Lipinski definition) is 2. The monoisotopic (exact) mass is 290 g/mol. The predicted molar refractivity (Wildman–Crippen MR) is 80.7 cm³/mol. The standard InChI is InChI=1S/C16H19ClN2O/c1-16-9-5-4-7-12(16)14(16)15(20)19-18-10-11-6-2-3-8-13(11)17/h2-3,6,8,10,12,14H,4-5,7,9H2,1H3,(H,19,20)/b18-10-/t12-,14-,16+/m1/s1. The summed E-state index contributed by atoms with van der Waals surface area (Å²) in [5.74, 6) is 0.767. The minimum absolute atomic E-state index is 0.0581. The summed E-state index contributed by atoms with van der Waals surface area (Å²) < 4.78 is 0. The molecule has 1 aromatic carbocycles. The highest BCUT2D eigenvalue weighted by Gasteiger charge is 2.64. The van der Waals surface area contributed by atoms with Crippen LogP contribution in [0.1, 0.15) is 38.2 Å². The van der Waals surface area contributed by atoms with Crippen LogP contribution in [-0.4, -0.2) is 12.1 Å². The summed E-state index contributed by atoms with van der Waals surface area (Å²) in [5, 5.41) is 4.68. The van der Waals surface area contributed by atoms with Crippen molar-refractivity contribution in [1.82, 2.24) is 5.43 Å². The highest BCUT2D eigenvalue weighted by Crippen LogP contribution is 2.66. The molecular weight excluding hydrogens is 272 g/mol. The van der Waals surface area contributed by atoms with E-state index in [0.717, 1.165) is 5.56 Å². The molecule has 0 unspecified atom stereocenters. The van der Waals surface area contributed by atoms with Crippen LogP contribution in [0, 0.1) is 17.3 Å². The number of fused-ring (bicyclic) bond motifs is 1. The lowest BCUT2D eigenvalue weighted by atomic mass is 9.90. The predicted octanol–water partition coefficient (Wildman–Crippen LogP) is 3.62. The van der Waals surface area contributed by atoms with Gasteiger partial charge in [-0.3, -0.25) is 4.79 Å². The van der Waals surface area contributed by atoms with Gasteiger partial charge in [0.05, 0.1) is 6.21 Å². The SMILES string of the molecule is C[C@]12CCCC[C@@H]1[C@@H]2C(=O)N/N=C\c1ccccc1Cl.